The molecule has 0 fully saturated rings. The Morgan fingerprint density at radius 2 is 2.04 bits per heavy atom. The van der Waals surface area contributed by atoms with Gasteiger partial charge in [0.2, 0.25) is 5.91 Å². The van der Waals surface area contributed by atoms with Crippen LogP contribution in [0.25, 0.3) is 0 Å². The summed E-state index contributed by atoms with van der Waals surface area (Å²) in [6, 6.07) is 15.7. The number of nitrogens with one attached hydrogen (secondary N) is 1. The van der Waals surface area contributed by atoms with Gasteiger partial charge in [-0.25, -0.2) is 4.68 Å². The highest BCUT2D eigenvalue weighted by atomic mass is 32.2. The maximum atomic E-state index is 12.8. The van der Waals surface area contributed by atoms with Gasteiger partial charge in [-0.1, -0.05) is 30.3 Å². The lowest BCUT2D eigenvalue weighted by Gasteiger charge is -2.15. The van der Waals surface area contributed by atoms with Crippen molar-refractivity contribution in [2.24, 2.45) is 0 Å². The lowest BCUT2D eigenvalue weighted by atomic mass is 10.1. The molecule has 7 heteroatoms. The predicted octanol–water partition coefficient (Wildman–Crippen LogP) is 3.60. The van der Waals surface area contributed by atoms with E-state index in [2.05, 4.69) is 22.5 Å². The van der Waals surface area contributed by atoms with Crippen LogP contribution in [0.4, 0.5) is 5.82 Å². The number of aromatic nitrogens is 2. The normalized spacial score (nSPS) is 15.1. The second kappa shape index (κ2) is 7.98. The topological polar surface area (TPSA) is 65.4 Å². The average molecular weight is 395 g/mol. The summed E-state index contributed by atoms with van der Waals surface area (Å²) < 4.78 is 12.6. The number of anilines is 1. The number of benzene rings is 2. The Morgan fingerprint density at radius 1 is 1.18 bits per heavy atom. The molecule has 4 rings (SSSR count). The van der Waals surface area contributed by atoms with Crippen molar-refractivity contribution < 1.29 is 14.3 Å². The summed E-state index contributed by atoms with van der Waals surface area (Å²) in [4.78, 5) is 14.0. The number of nitrogens with zero attached hydrogens (tertiary/aromatic N) is 2. The van der Waals surface area contributed by atoms with Gasteiger partial charge in [0.15, 0.2) is 11.5 Å². The lowest BCUT2D eigenvalue weighted by molar-refractivity contribution is -0.115. The Balaban J connectivity index is 1.49. The first-order chi connectivity index (χ1) is 13.7. The van der Waals surface area contributed by atoms with Crippen LogP contribution in [0.1, 0.15) is 11.1 Å². The van der Waals surface area contributed by atoms with E-state index < -0.39 is 0 Å². The highest BCUT2D eigenvalue weighted by Crippen LogP contribution is 2.37. The molecule has 0 bridgehead atoms. The third-order valence-corrected chi connectivity index (χ3v) is 6.03. The molecule has 1 aliphatic heterocycles. The number of ether oxygens (including phenoxy) is 2. The van der Waals surface area contributed by atoms with Gasteiger partial charge in [-0.2, -0.15) is 5.10 Å². The van der Waals surface area contributed by atoms with Gasteiger partial charge in [0, 0.05) is 16.5 Å². The number of carbonyl (C=O) groups excluding carboxylic acids is 1. The molecule has 0 spiro atoms. The number of thioether (sulfide) groups is 1. The minimum Gasteiger partial charge on any atom is -0.493 e. The van der Waals surface area contributed by atoms with Crippen LogP contribution in [0.5, 0.6) is 11.5 Å². The van der Waals surface area contributed by atoms with Crippen molar-refractivity contribution in [3.8, 4) is 11.5 Å². The summed E-state index contributed by atoms with van der Waals surface area (Å²) in [7, 11) is 3.22. The van der Waals surface area contributed by atoms with E-state index in [1.165, 1.54) is 10.5 Å². The van der Waals surface area contributed by atoms with Gasteiger partial charge in [-0.3, -0.25) is 4.79 Å². The zero-order chi connectivity index (χ0) is 19.5. The Labute approximate surface area is 167 Å². The fourth-order valence-electron chi connectivity index (χ4n) is 3.34. The number of hydrogen-bond acceptors (Lipinski definition) is 5. The lowest BCUT2D eigenvalue weighted by Crippen LogP contribution is -2.26. The van der Waals surface area contributed by atoms with E-state index in [0.717, 1.165) is 12.0 Å². The van der Waals surface area contributed by atoms with Gasteiger partial charge in [0.05, 0.1) is 32.2 Å². The molecule has 144 valence electrons. The van der Waals surface area contributed by atoms with E-state index >= 15 is 0 Å². The van der Waals surface area contributed by atoms with Crippen LogP contribution in [-0.4, -0.2) is 35.2 Å². The van der Waals surface area contributed by atoms with E-state index in [1.54, 1.807) is 42.9 Å². The number of para-hydroxylation sites is 1. The van der Waals surface area contributed by atoms with E-state index in [-0.39, 0.29) is 11.2 Å². The monoisotopic (exact) mass is 395 g/mol. The Kier molecular flexibility index (Phi) is 5.25. The van der Waals surface area contributed by atoms with Gasteiger partial charge in [-0.15, -0.1) is 11.8 Å². The van der Waals surface area contributed by atoms with Crippen LogP contribution in [-0.2, 0) is 17.8 Å². The summed E-state index contributed by atoms with van der Waals surface area (Å²) in [5.41, 5.74) is 2.14. The Hall–Kier alpha value is -2.93. The average Bonchev–Trinajstić information content (AvgIpc) is 3.34. The van der Waals surface area contributed by atoms with Crippen molar-refractivity contribution in [3.63, 3.8) is 0 Å². The molecule has 3 aromatic rings. The van der Waals surface area contributed by atoms with Crippen molar-refractivity contribution in [2.45, 2.75) is 23.1 Å². The summed E-state index contributed by atoms with van der Waals surface area (Å²) in [5, 5.41) is 7.25. The van der Waals surface area contributed by atoms with Crippen LogP contribution >= 0.6 is 11.8 Å². The molecule has 1 aromatic heterocycles. The molecule has 1 amide bonds. The summed E-state index contributed by atoms with van der Waals surface area (Å²) in [5.74, 6) is 1.98. The Bertz CT molecular complexity index is 977. The van der Waals surface area contributed by atoms with Gasteiger partial charge >= 0.3 is 0 Å². The highest BCUT2D eigenvalue weighted by Gasteiger charge is 2.28. The molecule has 28 heavy (non-hydrogen) atoms. The maximum absolute atomic E-state index is 12.8. The molecular weight excluding hydrogens is 374 g/mol. The first kappa shape index (κ1) is 18.4. The van der Waals surface area contributed by atoms with Crippen molar-refractivity contribution in [2.75, 3.05) is 19.5 Å². The zero-order valence-corrected chi connectivity index (χ0v) is 16.5. The quantitative estimate of drug-likeness (QED) is 0.691. The first-order valence-corrected chi connectivity index (χ1v) is 9.84. The standard InChI is InChI=1S/C21H21N3O3S/c1-26-16-8-5-7-15(20(16)27-2)13-24-19(10-11-22-24)23-21(25)18-12-14-6-3-4-9-17(14)28-18/h3-11,18H,12-13H2,1-2H3,(H,23,25). The molecule has 1 unspecified atom stereocenters. The maximum Gasteiger partial charge on any atom is 0.239 e. The summed E-state index contributed by atoms with van der Waals surface area (Å²) >= 11 is 1.61. The second-order valence-corrected chi connectivity index (χ2v) is 7.68. The minimum atomic E-state index is -0.132. The SMILES string of the molecule is COc1cccc(Cn2nccc2NC(=O)C2Cc3ccccc3S2)c1OC. The molecule has 0 saturated carbocycles. The van der Waals surface area contributed by atoms with Crippen molar-refractivity contribution in [3.05, 3.63) is 65.9 Å². The number of fused-ring (bicyclic) bond motifs is 1. The van der Waals surface area contributed by atoms with Gasteiger partial charge in [0.1, 0.15) is 5.82 Å². The van der Waals surface area contributed by atoms with Crippen LogP contribution in [0.3, 0.4) is 0 Å². The molecule has 0 saturated heterocycles. The van der Waals surface area contributed by atoms with Gasteiger partial charge < -0.3 is 14.8 Å². The fraction of sp³-hybridized carbons (Fsp3) is 0.238. The van der Waals surface area contributed by atoms with E-state index in [4.69, 9.17) is 9.47 Å². The third-order valence-electron chi connectivity index (χ3n) is 4.71. The zero-order valence-electron chi connectivity index (χ0n) is 15.7. The van der Waals surface area contributed by atoms with Crippen molar-refractivity contribution >= 4 is 23.5 Å². The number of carbonyl (C=O) groups is 1. The second-order valence-electron chi connectivity index (χ2n) is 6.43. The van der Waals surface area contributed by atoms with Crippen molar-refractivity contribution in [1.29, 1.82) is 0 Å². The molecule has 0 radical (unpaired) electrons. The predicted molar refractivity (Wildman–Crippen MR) is 109 cm³/mol. The van der Waals surface area contributed by atoms with Crippen LogP contribution in [0.2, 0.25) is 0 Å². The van der Waals surface area contributed by atoms with Crippen molar-refractivity contribution in [1.82, 2.24) is 9.78 Å². The molecule has 6 nitrogen and oxygen atoms in total. The number of methoxy groups -OCH3 is 2. The van der Waals surface area contributed by atoms with Gasteiger partial charge in [0.25, 0.3) is 0 Å². The molecule has 1 atom stereocenters. The molecule has 2 heterocycles. The van der Waals surface area contributed by atoms with Gasteiger partial charge in [-0.05, 0) is 24.1 Å². The number of amides is 1. The van der Waals surface area contributed by atoms with E-state index in [0.29, 0.717) is 23.9 Å². The fourth-order valence-corrected chi connectivity index (χ4v) is 4.53. The molecule has 0 aliphatic carbocycles. The first-order valence-electron chi connectivity index (χ1n) is 8.96. The molecule has 1 N–H and O–H groups in total. The molecule has 1 aliphatic rings. The summed E-state index contributed by atoms with van der Waals surface area (Å²) in [6.07, 6.45) is 2.42. The van der Waals surface area contributed by atoms with Crippen LogP contribution < -0.4 is 14.8 Å². The molecular formula is C21H21N3O3S. The third kappa shape index (κ3) is 3.57. The van der Waals surface area contributed by atoms with E-state index in [9.17, 15) is 4.79 Å². The number of hydrogen-bond donors (Lipinski definition) is 1. The van der Waals surface area contributed by atoms with E-state index in [1.807, 2.05) is 30.3 Å². The largest absolute Gasteiger partial charge is 0.493 e. The number of rotatable bonds is 6. The van der Waals surface area contributed by atoms with Crippen LogP contribution in [0, 0.1) is 0 Å². The minimum absolute atomic E-state index is 0.0134. The Morgan fingerprint density at radius 3 is 2.82 bits per heavy atom. The van der Waals surface area contributed by atoms with Crippen LogP contribution in [0.15, 0.2) is 59.6 Å². The summed E-state index contributed by atoms with van der Waals surface area (Å²) in [6.45, 7) is 0.459. The smallest absolute Gasteiger partial charge is 0.239 e. The highest BCUT2D eigenvalue weighted by molar-refractivity contribution is 8.01. The molecule has 2 aromatic carbocycles.